The summed E-state index contributed by atoms with van der Waals surface area (Å²) in [6.45, 7) is 8.86. The Balaban J connectivity index is 2.75. The molecule has 1 rings (SSSR count). The van der Waals surface area contributed by atoms with Gasteiger partial charge in [-0.15, -0.1) is 0 Å². The molecule has 2 N–H and O–H groups in total. The molecule has 0 aliphatic heterocycles. The third-order valence-electron chi connectivity index (χ3n) is 2.73. The van der Waals surface area contributed by atoms with E-state index < -0.39 is 5.97 Å². The fourth-order valence-corrected chi connectivity index (χ4v) is 2.04. The average molecular weight is 295 g/mol. The Bertz CT molecular complexity index is 458. The summed E-state index contributed by atoms with van der Waals surface area (Å²) in [7, 11) is 0. The Morgan fingerprint density at radius 3 is 2.71 bits per heavy atom. The third kappa shape index (κ3) is 7.48. The molecule has 118 valence electrons. The maximum absolute atomic E-state index is 11.0. The minimum absolute atomic E-state index is 0.0295. The number of rotatable bonds is 8. The van der Waals surface area contributed by atoms with Crippen molar-refractivity contribution >= 4 is 11.8 Å². The van der Waals surface area contributed by atoms with Crippen LogP contribution in [-0.2, 0) is 4.79 Å². The predicted octanol–water partition coefficient (Wildman–Crippen LogP) is 2.96. The lowest BCUT2D eigenvalue weighted by Crippen LogP contribution is -2.28. The number of aliphatic carboxylic acids is 1. The van der Waals surface area contributed by atoms with Crippen molar-refractivity contribution in [3.05, 3.63) is 12.4 Å². The van der Waals surface area contributed by atoms with Crippen molar-refractivity contribution in [2.24, 2.45) is 5.41 Å². The van der Waals surface area contributed by atoms with Gasteiger partial charge in [-0.3, -0.25) is 4.79 Å². The van der Waals surface area contributed by atoms with Crippen LogP contribution in [0.1, 0.15) is 47.0 Å². The van der Waals surface area contributed by atoms with Crippen LogP contribution < -0.4 is 10.1 Å². The Hall–Kier alpha value is -1.85. The fourth-order valence-electron chi connectivity index (χ4n) is 2.04. The largest absolute Gasteiger partial charge is 0.481 e. The second kappa shape index (κ2) is 7.81. The molecule has 6 nitrogen and oxygen atoms in total. The monoisotopic (exact) mass is 295 g/mol. The summed E-state index contributed by atoms with van der Waals surface area (Å²) in [6.07, 6.45) is 3.10. The summed E-state index contributed by atoms with van der Waals surface area (Å²) >= 11 is 0. The van der Waals surface area contributed by atoms with Gasteiger partial charge in [0, 0.05) is 12.1 Å². The van der Waals surface area contributed by atoms with Gasteiger partial charge in [0.1, 0.15) is 12.1 Å². The number of ether oxygens (including phenoxy) is 1. The zero-order chi connectivity index (χ0) is 15.9. The van der Waals surface area contributed by atoms with Gasteiger partial charge in [-0.25, -0.2) is 9.97 Å². The molecule has 0 amide bonds. The van der Waals surface area contributed by atoms with Crippen LogP contribution in [0, 0.1) is 5.41 Å². The van der Waals surface area contributed by atoms with Crippen molar-refractivity contribution in [2.75, 3.05) is 11.9 Å². The zero-order valence-electron chi connectivity index (χ0n) is 13.2. The summed E-state index contributed by atoms with van der Waals surface area (Å²) in [5.41, 5.74) is 0.0295. The molecule has 0 saturated heterocycles. The van der Waals surface area contributed by atoms with Crippen molar-refractivity contribution in [3.8, 4) is 5.88 Å². The van der Waals surface area contributed by atoms with Gasteiger partial charge in [-0.05, 0) is 18.3 Å². The Kier molecular flexibility index (Phi) is 6.39. The highest BCUT2D eigenvalue weighted by molar-refractivity contribution is 5.68. The Morgan fingerprint density at radius 2 is 2.14 bits per heavy atom. The third-order valence-corrected chi connectivity index (χ3v) is 2.73. The normalized spacial score (nSPS) is 12.8. The van der Waals surface area contributed by atoms with E-state index in [1.165, 1.54) is 6.33 Å². The summed E-state index contributed by atoms with van der Waals surface area (Å²) in [5.74, 6) is 0.263. The quantitative estimate of drug-likeness (QED) is 0.767. The first kappa shape index (κ1) is 17.2. The van der Waals surface area contributed by atoms with E-state index in [0.717, 1.165) is 12.8 Å². The molecular formula is C15H25N3O3. The summed E-state index contributed by atoms with van der Waals surface area (Å²) in [6, 6.07) is 1.52. The van der Waals surface area contributed by atoms with Crippen LogP contribution in [0.2, 0.25) is 0 Å². The number of hydrogen-bond acceptors (Lipinski definition) is 5. The second-order valence-electron chi connectivity index (χ2n) is 6.29. The van der Waals surface area contributed by atoms with Gasteiger partial charge in [0.2, 0.25) is 5.88 Å². The van der Waals surface area contributed by atoms with Crippen LogP contribution in [-0.4, -0.2) is 33.7 Å². The smallest absolute Gasteiger partial charge is 0.305 e. The van der Waals surface area contributed by atoms with E-state index in [1.54, 1.807) is 6.07 Å². The molecule has 0 radical (unpaired) electrons. The molecule has 0 spiro atoms. The van der Waals surface area contributed by atoms with E-state index in [-0.39, 0.29) is 17.9 Å². The average Bonchev–Trinajstić information content (AvgIpc) is 2.34. The van der Waals surface area contributed by atoms with Crippen LogP contribution >= 0.6 is 0 Å². The fraction of sp³-hybridized carbons (Fsp3) is 0.667. The van der Waals surface area contributed by atoms with Crippen molar-refractivity contribution in [1.82, 2.24) is 9.97 Å². The summed E-state index contributed by atoms with van der Waals surface area (Å²) in [5, 5.41) is 12.2. The molecule has 1 atom stereocenters. The van der Waals surface area contributed by atoms with Gasteiger partial charge < -0.3 is 15.2 Å². The van der Waals surface area contributed by atoms with Crippen molar-refractivity contribution in [1.29, 1.82) is 0 Å². The number of anilines is 1. The molecule has 0 bridgehead atoms. The van der Waals surface area contributed by atoms with Gasteiger partial charge in [0.15, 0.2) is 0 Å². The predicted molar refractivity (Wildman–Crippen MR) is 81.6 cm³/mol. The van der Waals surface area contributed by atoms with Crippen LogP contribution in [0.4, 0.5) is 5.82 Å². The molecule has 0 fully saturated rings. The minimum atomic E-state index is -0.826. The number of hydrogen-bond donors (Lipinski definition) is 2. The molecule has 0 aliphatic carbocycles. The number of aromatic nitrogens is 2. The number of carboxylic acid groups (broad SMARTS) is 1. The topological polar surface area (TPSA) is 84.3 Å². The Labute approximate surface area is 126 Å². The van der Waals surface area contributed by atoms with Crippen LogP contribution in [0.25, 0.3) is 0 Å². The zero-order valence-corrected chi connectivity index (χ0v) is 13.2. The van der Waals surface area contributed by atoms with E-state index in [9.17, 15) is 4.79 Å². The molecule has 0 aromatic carbocycles. The highest BCUT2D eigenvalue weighted by Gasteiger charge is 2.21. The lowest BCUT2D eigenvalue weighted by Gasteiger charge is -2.26. The van der Waals surface area contributed by atoms with E-state index in [0.29, 0.717) is 18.3 Å². The molecular weight excluding hydrogens is 270 g/mol. The first-order valence-electron chi connectivity index (χ1n) is 7.23. The first-order chi connectivity index (χ1) is 9.80. The van der Waals surface area contributed by atoms with Gasteiger partial charge in [-0.2, -0.15) is 0 Å². The molecule has 1 heterocycles. The number of carbonyl (C=O) groups is 1. The summed E-state index contributed by atoms with van der Waals surface area (Å²) in [4.78, 5) is 19.2. The Morgan fingerprint density at radius 1 is 1.43 bits per heavy atom. The van der Waals surface area contributed by atoms with Gasteiger partial charge in [0.25, 0.3) is 0 Å². The number of carboxylic acids is 1. The molecule has 1 unspecified atom stereocenters. The SMILES string of the molecule is CCCOc1cc(NC(CC(=O)O)CC(C)(C)C)ncn1. The molecule has 1 aromatic heterocycles. The molecule has 0 saturated carbocycles. The maximum atomic E-state index is 11.0. The van der Waals surface area contributed by atoms with Crippen molar-refractivity contribution in [2.45, 2.75) is 53.0 Å². The molecule has 1 aromatic rings. The van der Waals surface area contributed by atoms with Crippen LogP contribution in [0.15, 0.2) is 12.4 Å². The lowest BCUT2D eigenvalue weighted by molar-refractivity contribution is -0.137. The molecule has 0 aliphatic rings. The minimum Gasteiger partial charge on any atom is -0.481 e. The highest BCUT2D eigenvalue weighted by Crippen LogP contribution is 2.24. The maximum Gasteiger partial charge on any atom is 0.305 e. The van der Waals surface area contributed by atoms with E-state index in [2.05, 4.69) is 36.1 Å². The number of nitrogens with zero attached hydrogens (tertiary/aromatic N) is 2. The molecule has 21 heavy (non-hydrogen) atoms. The van der Waals surface area contributed by atoms with Crippen molar-refractivity contribution in [3.63, 3.8) is 0 Å². The van der Waals surface area contributed by atoms with E-state index >= 15 is 0 Å². The van der Waals surface area contributed by atoms with Crippen LogP contribution in [0.5, 0.6) is 5.88 Å². The van der Waals surface area contributed by atoms with Gasteiger partial charge in [0.05, 0.1) is 13.0 Å². The second-order valence-corrected chi connectivity index (χ2v) is 6.29. The number of nitrogens with one attached hydrogen (secondary N) is 1. The lowest BCUT2D eigenvalue weighted by atomic mass is 9.87. The standard InChI is InChI=1S/C15H25N3O3/c1-5-6-21-13-8-12(16-10-17-13)18-11(7-14(19)20)9-15(2,3)4/h8,10-11H,5-7,9H2,1-4H3,(H,19,20)(H,16,17,18). The van der Waals surface area contributed by atoms with E-state index in [1.807, 2.05) is 6.92 Å². The van der Waals surface area contributed by atoms with E-state index in [4.69, 9.17) is 9.84 Å². The van der Waals surface area contributed by atoms with Gasteiger partial charge in [-0.1, -0.05) is 27.7 Å². The highest BCUT2D eigenvalue weighted by atomic mass is 16.5. The summed E-state index contributed by atoms with van der Waals surface area (Å²) < 4.78 is 5.45. The molecule has 6 heteroatoms. The van der Waals surface area contributed by atoms with Gasteiger partial charge >= 0.3 is 5.97 Å². The van der Waals surface area contributed by atoms with Crippen molar-refractivity contribution < 1.29 is 14.6 Å². The first-order valence-corrected chi connectivity index (χ1v) is 7.23. The van der Waals surface area contributed by atoms with Crippen LogP contribution in [0.3, 0.4) is 0 Å².